The van der Waals surface area contributed by atoms with Crippen LogP contribution in [-0.2, 0) is 24.5 Å². The number of aliphatic hydroxyl groups is 3. The van der Waals surface area contributed by atoms with Crippen molar-refractivity contribution in [1.82, 2.24) is 4.90 Å². The molecule has 0 saturated carbocycles. The van der Waals surface area contributed by atoms with E-state index in [9.17, 15) is 39.6 Å². The lowest BCUT2D eigenvalue weighted by molar-refractivity contribution is -0.179. The molecule has 0 aromatic heterocycles. The number of benzene rings is 1. The highest BCUT2D eigenvalue weighted by molar-refractivity contribution is 6.25. The van der Waals surface area contributed by atoms with Gasteiger partial charge < -0.3 is 30.9 Å². The van der Waals surface area contributed by atoms with Crippen molar-refractivity contribution in [3.63, 3.8) is 0 Å². The Kier molecular flexibility index (Phi) is 6.48. The molecule has 210 valence electrons. The van der Waals surface area contributed by atoms with Gasteiger partial charge in [0.05, 0.1) is 17.5 Å². The molecule has 0 fully saturated rings. The van der Waals surface area contributed by atoms with Gasteiger partial charge in [-0.3, -0.25) is 24.1 Å². The summed E-state index contributed by atoms with van der Waals surface area (Å²) in [6.07, 6.45) is -1.41. The molecule has 6 N–H and O–H groups in total. The molecule has 0 radical (unpaired) electrons. The molecule has 4 rings (SSSR count). The highest BCUT2D eigenvalue weighted by atomic mass is 16.5. The molecule has 0 heterocycles. The Bertz CT molecular complexity index is 1380. The van der Waals surface area contributed by atoms with E-state index in [4.69, 9.17) is 10.5 Å². The van der Waals surface area contributed by atoms with Crippen LogP contribution in [0.1, 0.15) is 62.0 Å². The number of carbonyl (C=O) groups excluding carboxylic acids is 4. The fourth-order valence-corrected chi connectivity index (χ4v) is 6.53. The number of phenols is 1. The van der Waals surface area contributed by atoms with Crippen LogP contribution in [0.4, 0.5) is 0 Å². The number of fused-ring (bicyclic) bond motifs is 3. The third-order valence-corrected chi connectivity index (χ3v) is 8.21. The minimum Gasteiger partial charge on any atom is -0.510 e. The number of aromatic hydroxyl groups is 1. The summed E-state index contributed by atoms with van der Waals surface area (Å²) in [5.41, 5.74) is 1.31. The molecule has 3 aliphatic rings. The molecule has 3 aliphatic carbocycles. The predicted octanol–water partition coefficient (Wildman–Crippen LogP) is 1.52. The SMILES string of the molecule is CC(=O)OC1C2C(=C(O)C3(O)C(=O)C(C(N)=O)=C(O)C(N(C)C)C13)C(=O)c1c(ccc(C(C)(C)C)c1O)C2C. The van der Waals surface area contributed by atoms with Gasteiger partial charge in [0.2, 0.25) is 5.78 Å². The first-order valence-electron chi connectivity index (χ1n) is 12.6. The van der Waals surface area contributed by atoms with Gasteiger partial charge in [-0.25, -0.2) is 0 Å². The third kappa shape index (κ3) is 3.78. The van der Waals surface area contributed by atoms with Gasteiger partial charge in [0, 0.05) is 24.0 Å². The second-order valence-electron chi connectivity index (χ2n) is 11.8. The van der Waals surface area contributed by atoms with E-state index in [0.717, 1.165) is 6.92 Å². The quantitative estimate of drug-likeness (QED) is 0.277. The van der Waals surface area contributed by atoms with Crippen LogP contribution in [0.3, 0.4) is 0 Å². The van der Waals surface area contributed by atoms with Crippen LogP contribution in [0.15, 0.2) is 34.8 Å². The van der Waals surface area contributed by atoms with Crippen molar-refractivity contribution in [2.24, 2.45) is 17.6 Å². The third-order valence-electron chi connectivity index (χ3n) is 8.21. The van der Waals surface area contributed by atoms with Crippen molar-refractivity contribution in [2.75, 3.05) is 14.1 Å². The van der Waals surface area contributed by atoms with Crippen LogP contribution >= 0.6 is 0 Å². The summed E-state index contributed by atoms with van der Waals surface area (Å²) < 4.78 is 5.67. The number of likely N-dealkylation sites (N-methyl/N-ethyl adjacent to an activating group) is 1. The first-order chi connectivity index (χ1) is 17.9. The Hall–Kier alpha value is -3.70. The lowest BCUT2D eigenvalue weighted by Gasteiger charge is -2.54. The number of esters is 1. The minimum atomic E-state index is -2.96. The molecule has 0 aliphatic heterocycles. The smallest absolute Gasteiger partial charge is 0.302 e. The number of ketones is 2. The van der Waals surface area contributed by atoms with Gasteiger partial charge in [-0.2, -0.15) is 0 Å². The summed E-state index contributed by atoms with van der Waals surface area (Å²) in [6.45, 7) is 8.37. The number of amides is 1. The number of phenolic OH excluding ortho intramolecular Hbond substituents is 1. The van der Waals surface area contributed by atoms with E-state index in [1.165, 1.54) is 19.0 Å². The van der Waals surface area contributed by atoms with Gasteiger partial charge >= 0.3 is 5.97 Å². The molecule has 39 heavy (non-hydrogen) atoms. The van der Waals surface area contributed by atoms with E-state index in [1.807, 2.05) is 20.8 Å². The minimum absolute atomic E-state index is 0.0997. The number of primary amides is 1. The zero-order valence-electron chi connectivity index (χ0n) is 22.9. The van der Waals surface area contributed by atoms with Crippen LogP contribution in [0.2, 0.25) is 0 Å². The Labute approximate surface area is 225 Å². The highest BCUT2D eigenvalue weighted by Crippen LogP contribution is 2.57. The van der Waals surface area contributed by atoms with Gasteiger partial charge in [-0.15, -0.1) is 0 Å². The monoisotopic (exact) mass is 542 g/mol. The first kappa shape index (κ1) is 28.3. The average molecular weight is 543 g/mol. The number of nitrogens with two attached hydrogens (primary N) is 1. The molecule has 11 heteroatoms. The Morgan fingerprint density at radius 2 is 1.69 bits per heavy atom. The first-order valence-corrected chi connectivity index (χ1v) is 12.6. The average Bonchev–Trinajstić information content (AvgIpc) is 2.79. The summed E-state index contributed by atoms with van der Waals surface area (Å²) in [4.78, 5) is 53.6. The van der Waals surface area contributed by atoms with Gasteiger partial charge in [0.15, 0.2) is 11.4 Å². The molecular formula is C28H34N2O9. The number of carbonyl (C=O) groups is 4. The van der Waals surface area contributed by atoms with Crippen LogP contribution in [0.5, 0.6) is 5.75 Å². The zero-order valence-corrected chi connectivity index (χ0v) is 22.9. The van der Waals surface area contributed by atoms with Gasteiger partial charge in [-0.05, 0) is 31.0 Å². The standard InChI is InChI=1S/C28H34N2O9/c1-10-12-8-9-13(27(3,4)5)20(32)15(12)21(33)16-14(10)23(39-11(2)31)18-19(30(6)7)22(34)17(26(29)37)25(36)28(18,38)24(16)35/h8-10,14,18-19,23,32,34-35,38H,1-7H3,(H2,29,37). The van der Waals surface area contributed by atoms with Crippen molar-refractivity contribution in [1.29, 1.82) is 0 Å². The molecule has 1 amide bonds. The summed E-state index contributed by atoms with van der Waals surface area (Å²) in [7, 11) is 2.99. The fourth-order valence-electron chi connectivity index (χ4n) is 6.53. The summed E-state index contributed by atoms with van der Waals surface area (Å²) in [5, 5.41) is 45.8. The molecule has 6 unspecified atom stereocenters. The molecule has 6 atom stereocenters. The van der Waals surface area contributed by atoms with E-state index >= 15 is 0 Å². The summed E-state index contributed by atoms with van der Waals surface area (Å²) in [5.74, 6) is -9.76. The van der Waals surface area contributed by atoms with Crippen molar-refractivity contribution in [3.8, 4) is 5.75 Å². The summed E-state index contributed by atoms with van der Waals surface area (Å²) >= 11 is 0. The Morgan fingerprint density at radius 1 is 1.10 bits per heavy atom. The maximum Gasteiger partial charge on any atom is 0.302 e. The number of Topliss-reactive ketones (excluding diaryl/α,β-unsaturated/α-hetero) is 2. The number of aliphatic hydroxyl groups excluding tert-OH is 2. The lowest BCUT2D eigenvalue weighted by Crippen LogP contribution is -2.69. The second-order valence-corrected chi connectivity index (χ2v) is 11.8. The molecule has 0 spiro atoms. The van der Waals surface area contributed by atoms with Crippen LogP contribution in [0.25, 0.3) is 0 Å². The molecule has 0 saturated heterocycles. The van der Waals surface area contributed by atoms with E-state index < -0.39 is 87.0 Å². The molecular weight excluding hydrogens is 508 g/mol. The fraction of sp³-hybridized carbons (Fsp3) is 0.500. The van der Waals surface area contributed by atoms with Crippen molar-refractivity contribution in [2.45, 2.75) is 63.7 Å². The lowest BCUT2D eigenvalue weighted by atomic mass is 9.55. The Morgan fingerprint density at radius 3 is 2.18 bits per heavy atom. The van der Waals surface area contributed by atoms with E-state index in [2.05, 4.69) is 0 Å². The maximum absolute atomic E-state index is 14.1. The maximum atomic E-state index is 14.1. The van der Waals surface area contributed by atoms with E-state index in [0.29, 0.717) is 11.1 Å². The highest BCUT2D eigenvalue weighted by Gasteiger charge is 2.68. The molecule has 1 aromatic rings. The molecule has 1 aromatic carbocycles. The van der Waals surface area contributed by atoms with Crippen LogP contribution in [-0.4, -0.2) is 80.6 Å². The van der Waals surface area contributed by atoms with Crippen LogP contribution in [0, 0.1) is 11.8 Å². The predicted molar refractivity (Wildman–Crippen MR) is 138 cm³/mol. The van der Waals surface area contributed by atoms with Crippen molar-refractivity contribution < 1.29 is 44.3 Å². The Balaban J connectivity index is 2.11. The largest absolute Gasteiger partial charge is 0.510 e. The topological polar surface area (TPSA) is 188 Å². The number of hydrogen-bond donors (Lipinski definition) is 5. The number of rotatable bonds is 3. The molecule has 11 nitrogen and oxygen atoms in total. The van der Waals surface area contributed by atoms with Gasteiger partial charge in [0.25, 0.3) is 5.91 Å². The number of hydrogen-bond acceptors (Lipinski definition) is 10. The van der Waals surface area contributed by atoms with Crippen molar-refractivity contribution in [3.05, 3.63) is 51.5 Å². The normalized spacial score (nSPS) is 30.6. The zero-order chi connectivity index (χ0) is 29.5. The molecule has 0 bridgehead atoms. The second kappa shape index (κ2) is 8.92. The number of ether oxygens (including phenoxy) is 1. The van der Waals surface area contributed by atoms with Crippen LogP contribution < -0.4 is 5.73 Å². The van der Waals surface area contributed by atoms with Gasteiger partial charge in [-0.1, -0.05) is 39.8 Å². The van der Waals surface area contributed by atoms with E-state index in [1.54, 1.807) is 19.1 Å². The number of nitrogens with zero attached hydrogens (tertiary/aromatic N) is 1. The van der Waals surface area contributed by atoms with E-state index in [-0.39, 0.29) is 11.3 Å². The summed E-state index contributed by atoms with van der Waals surface area (Å²) in [6, 6.07) is 2.08. The van der Waals surface area contributed by atoms with Crippen molar-refractivity contribution >= 4 is 23.4 Å². The van der Waals surface area contributed by atoms with Gasteiger partial charge in [0.1, 0.15) is 28.9 Å².